The van der Waals surface area contributed by atoms with Crippen LogP contribution in [0.2, 0.25) is 0 Å². The molecule has 0 aliphatic heterocycles. The van der Waals surface area contributed by atoms with Crippen molar-refractivity contribution in [3.8, 4) is 0 Å². The highest BCUT2D eigenvalue weighted by Gasteiger charge is 2.12. The number of carbonyl (C=O) groups is 1. The van der Waals surface area contributed by atoms with Crippen LogP contribution in [0.3, 0.4) is 0 Å². The minimum absolute atomic E-state index is 0.0464. The van der Waals surface area contributed by atoms with E-state index in [-0.39, 0.29) is 23.2 Å². The summed E-state index contributed by atoms with van der Waals surface area (Å²) in [5.74, 6) is -0.305. The van der Waals surface area contributed by atoms with Crippen LogP contribution in [0.5, 0.6) is 0 Å². The molecule has 0 bridgehead atoms. The van der Waals surface area contributed by atoms with Crippen LogP contribution in [0.1, 0.15) is 23.0 Å². The summed E-state index contributed by atoms with van der Waals surface area (Å²) in [4.78, 5) is 29.0. The lowest BCUT2D eigenvalue weighted by atomic mass is 10.1. The number of nitrogens with one attached hydrogen (secondary N) is 2. The summed E-state index contributed by atoms with van der Waals surface area (Å²) in [5, 5.41) is 2.85. The first-order valence-corrected chi connectivity index (χ1v) is 6.94. The number of benzene rings is 1. The number of aromatic nitrogens is 2. The van der Waals surface area contributed by atoms with Gasteiger partial charge in [-0.3, -0.25) is 9.59 Å². The van der Waals surface area contributed by atoms with Crippen molar-refractivity contribution in [1.82, 2.24) is 15.3 Å². The van der Waals surface area contributed by atoms with E-state index >= 15 is 0 Å². The lowest BCUT2D eigenvalue weighted by Gasteiger charge is -2.14. The van der Waals surface area contributed by atoms with Crippen molar-refractivity contribution < 1.29 is 4.79 Å². The van der Waals surface area contributed by atoms with Gasteiger partial charge in [0.2, 0.25) is 0 Å². The third-order valence-corrected chi connectivity index (χ3v) is 3.54. The lowest BCUT2D eigenvalue weighted by molar-refractivity contribution is 0.0934. The Morgan fingerprint density at radius 3 is 2.85 bits per heavy atom. The Kier molecular flexibility index (Phi) is 4.68. The van der Waals surface area contributed by atoms with Gasteiger partial charge >= 0.3 is 0 Å². The average molecular weight is 336 g/mol. The first-order chi connectivity index (χ1) is 9.56. The fourth-order valence-electron chi connectivity index (χ4n) is 1.81. The fraction of sp³-hybridized carbons (Fsp3) is 0.214. The first kappa shape index (κ1) is 14.5. The molecule has 1 aromatic heterocycles. The third kappa shape index (κ3) is 3.77. The number of halogens is 1. The SMILES string of the molecule is C[C@@H](Cc1ccccc1Br)NC(=O)c1c[nH]c(=O)cn1. The molecule has 0 spiro atoms. The molecule has 0 saturated heterocycles. The van der Waals surface area contributed by atoms with Crippen molar-refractivity contribution in [2.24, 2.45) is 0 Å². The molecule has 0 fully saturated rings. The maximum Gasteiger partial charge on any atom is 0.271 e. The van der Waals surface area contributed by atoms with Gasteiger partial charge in [-0.1, -0.05) is 34.1 Å². The van der Waals surface area contributed by atoms with Gasteiger partial charge in [-0.05, 0) is 25.0 Å². The molecular weight excluding hydrogens is 322 g/mol. The smallest absolute Gasteiger partial charge is 0.271 e. The van der Waals surface area contributed by atoms with Crippen LogP contribution in [0.25, 0.3) is 0 Å². The molecule has 2 aromatic rings. The Hall–Kier alpha value is -1.95. The Morgan fingerprint density at radius 2 is 2.20 bits per heavy atom. The minimum Gasteiger partial charge on any atom is -0.348 e. The molecular formula is C14H14BrN3O2. The van der Waals surface area contributed by atoms with E-state index < -0.39 is 0 Å². The van der Waals surface area contributed by atoms with Gasteiger partial charge in [0.1, 0.15) is 5.69 Å². The van der Waals surface area contributed by atoms with Crippen molar-refractivity contribution in [1.29, 1.82) is 0 Å². The molecule has 0 aliphatic carbocycles. The molecule has 2 rings (SSSR count). The highest BCUT2D eigenvalue weighted by molar-refractivity contribution is 9.10. The zero-order chi connectivity index (χ0) is 14.5. The van der Waals surface area contributed by atoms with Crippen LogP contribution in [0.15, 0.2) is 45.9 Å². The highest BCUT2D eigenvalue weighted by Crippen LogP contribution is 2.17. The van der Waals surface area contributed by atoms with Gasteiger partial charge in [-0.15, -0.1) is 0 Å². The van der Waals surface area contributed by atoms with E-state index in [1.165, 1.54) is 6.20 Å². The van der Waals surface area contributed by atoms with Gasteiger partial charge in [0, 0.05) is 16.7 Å². The molecule has 0 aliphatic rings. The summed E-state index contributed by atoms with van der Waals surface area (Å²) in [6, 6.07) is 7.83. The predicted molar refractivity (Wildman–Crippen MR) is 79.6 cm³/mol. The summed E-state index contributed by atoms with van der Waals surface area (Å²) >= 11 is 3.48. The van der Waals surface area contributed by atoms with E-state index in [1.54, 1.807) is 0 Å². The normalized spacial score (nSPS) is 11.9. The van der Waals surface area contributed by atoms with Crippen LogP contribution in [0.4, 0.5) is 0 Å². The van der Waals surface area contributed by atoms with Gasteiger partial charge in [-0.25, -0.2) is 4.98 Å². The van der Waals surface area contributed by atoms with Gasteiger partial charge in [0.15, 0.2) is 0 Å². The van der Waals surface area contributed by atoms with E-state index in [1.807, 2.05) is 31.2 Å². The van der Waals surface area contributed by atoms with Crippen LogP contribution < -0.4 is 10.9 Å². The molecule has 0 saturated carbocycles. The molecule has 2 N–H and O–H groups in total. The molecule has 6 heteroatoms. The van der Waals surface area contributed by atoms with E-state index in [0.29, 0.717) is 6.42 Å². The monoisotopic (exact) mass is 335 g/mol. The number of hydrogen-bond donors (Lipinski definition) is 2. The van der Waals surface area contributed by atoms with Crippen LogP contribution in [0, 0.1) is 0 Å². The fourth-order valence-corrected chi connectivity index (χ4v) is 2.26. The van der Waals surface area contributed by atoms with E-state index in [9.17, 15) is 9.59 Å². The maximum atomic E-state index is 11.9. The average Bonchev–Trinajstić information content (AvgIpc) is 2.42. The van der Waals surface area contributed by atoms with Crippen LogP contribution in [-0.2, 0) is 6.42 Å². The quantitative estimate of drug-likeness (QED) is 0.895. The zero-order valence-corrected chi connectivity index (χ0v) is 12.5. The van der Waals surface area contributed by atoms with Gasteiger partial charge < -0.3 is 10.3 Å². The minimum atomic E-state index is -0.331. The molecule has 104 valence electrons. The topological polar surface area (TPSA) is 74.8 Å². The Balaban J connectivity index is 1.99. The maximum absolute atomic E-state index is 11.9. The molecule has 0 unspecified atom stereocenters. The number of H-pyrrole nitrogens is 1. The second kappa shape index (κ2) is 6.47. The first-order valence-electron chi connectivity index (χ1n) is 6.15. The number of aromatic amines is 1. The lowest BCUT2D eigenvalue weighted by Crippen LogP contribution is -2.35. The molecule has 1 aromatic carbocycles. The second-order valence-electron chi connectivity index (χ2n) is 4.47. The zero-order valence-electron chi connectivity index (χ0n) is 10.9. The molecule has 1 heterocycles. The van der Waals surface area contributed by atoms with E-state index in [4.69, 9.17) is 0 Å². The highest BCUT2D eigenvalue weighted by atomic mass is 79.9. The summed E-state index contributed by atoms with van der Waals surface area (Å²) in [6.45, 7) is 1.92. The number of amides is 1. The third-order valence-electron chi connectivity index (χ3n) is 2.77. The Labute approximate surface area is 124 Å². The summed E-state index contributed by atoms with van der Waals surface area (Å²) in [5.41, 5.74) is 0.987. The van der Waals surface area contributed by atoms with Gasteiger partial charge in [0.25, 0.3) is 11.5 Å². The van der Waals surface area contributed by atoms with Crippen molar-refractivity contribution in [3.05, 3.63) is 62.7 Å². The summed E-state index contributed by atoms with van der Waals surface area (Å²) in [7, 11) is 0. The number of nitrogens with zero attached hydrogens (tertiary/aromatic N) is 1. The second-order valence-corrected chi connectivity index (χ2v) is 5.32. The van der Waals surface area contributed by atoms with Gasteiger partial charge in [0.05, 0.1) is 6.20 Å². The van der Waals surface area contributed by atoms with E-state index in [0.717, 1.165) is 16.2 Å². The summed E-state index contributed by atoms with van der Waals surface area (Å²) < 4.78 is 1.02. The molecule has 0 radical (unpaired) electrons. The predicted octanol–water partition coefficient (Wildman–Crippen LogP) is 1.89. The standard InChI is InChI=1S/C14H14BrN3O2/c1-9(6-10-4-2-3-5-11(10)15)18-14(20)12-7-17-13(19)8-16-12/h2-5,7-9H,6H2,1H3,(H,17,19)(H,18,20)/t9-/m0/s1. The van der Waals surface area contributed by atoms with E-state index in [2.05, 4.69) is 31.2 Å². The van der Waals surface area contributed by atoms with Gasteiger partial charge in [-0.2, -0.15) is 0 Å². The summed E-state index contributed by atoms with van der Waals surface area (Å²) in [6.07, 6.45) is 3.10. The van der Waals surface area contributed by atoms with Crippen LogP contribution in [-0.4, -0.2) is 21.9 Å². The largest absolute Gasteiger partial charge is 0.348 e. The molecule has 5 nitrogen and oxygen atoms in total. The number of hydrogen-bond acceptors (Lipinski definition) is 3. The molecule has 1 amide bonds. The number of carbonyl (C=O) groups excluding carboxylic acids is 1. The number of rotatable bonds is 4. The van der Waals surface area contributed by atoms with Crippen molar-refractivity contribution in [3.63, 3.8) is 0 Å². The van der Waals surface area contributed by atoms with Crippen molar-refractivity contribution in [2.45, 2.75) is 19.4 Å². The van der Waals surface area contributed by atoms with Crippen molar-refractivity contribution >= 4 is 21.8 Å². The molecule has 20 heavy (non-hydrogen) atoms. The van der Waals surface area contributed by atoms with Crippen molar-refractivity contribution in [2.75, 3.05) is 0 Å². The van der Waals surface area contributed by atoms with Crippen LogP contribution >= 0.6 is 15.9 Å². The Morgan fingerprint density at radius 1 is 1.45 bits per heavy atom. The Bertz CT molecular complexity index is 649. The molecule has 1 atom stereocenters.